The van der Waals surface area contributed by atoms with E-state index in [1.165, 1.54) is 37.0 Å². The van der Waals surface area contributed by atoms with Crippen LogP contribution < -0.4 is 18.9 Å². The average molecular weight is 613 g/mol. The molecular weight excluding hydrogens is 571 g/mol. The minimum absolute atomic E-state index is 0. The molecule has 0 aliphatic carbocycles. The van der Waals surface area contributed by atoms with Crippen LogP contribution in [0.25, 0.3) is 0 Å². The van der Waals surface area contributed by atoms with Crippen molar-refractivity contribution in [2.24, 2.45) is 0 Å². The van der Waals surface area contributed by atoms with Gasteiger partial charge in [-0.25, -0.2) is 19.6 Å². The Labute approximate surface area is 263 Å². The van der Waals surface area contributed by atoms with E-state index in [9.17, 15) is 9.59 Å². The number of hydrogen-bond acceptors (Lipinski definition) is 12. The van der Waals surface area contributed by atoms with Crippen LogP contribution in [0.3, 0.4) is 0 Å². The molecule has 14 heteroatoms. The summed E-state index contributed by atoms with van der Waals surface area (Å²) in [4.78, 5) is 34.5. The molecule has 0 spiro atoms. The van der Waals surface area contributed by atoms with Gasteiger partial charge >= 0.3 is 30.3 Å². The Bertz CT molecular complexity index is 880. The number of rotatable bonds is 8. The van der Waals surface area contributed by atoms with Crippen LogP contribution in [-0.4, -0.2) is 111 Å². The first-order chi connectivity index (χ1) is 18.9. The van der Waals surface area contributed by atoms with Crippen molar-refractivity contribution in [3.05, 3.63) is 39.6 Å². The summed E-state index contributed by atoms with van der Waals surface area (Å²) in [6.07, 6.45) is 7.70. The number of unbranched alkanes of at least 4 members (excludes halogenated alkanes) is 1. The number of thiazole rings is 2. The molecule has 4 rings (SSSR count). The Balaban J connectivity index is 0.000000585. The van der Waals surface area contributed by atoms with Crippen molar-refractivity contribution in [3.8, 4) is 0 Å². The van der Waals surface area contributed by atoms with Crippen LogP contribution in [0.2, 0.25) is 0 Å². The van der Waals surface area contributed by atoms with E-state index >= 15 is 0 Å². The molecule has 2 fully saturated rings. The summed E-state index contributed by atoms with van der Waals surface area (Å²) in [5.41, 5.74) is -0.773. The minimum atomic E-state index is -0.773. The number of aromatic nitrogens is 2. The van der Waals surface area contributed by atoms with Crippen molar-refractivity contribution in [1.82, 2.24) is 19.8 Å². The summed E-state index contributed by atoms with van der Waals surface area (Å²) in [6, 6.07) is 0. The Morgan fingerprint density at radius 3 is 1.88 bits per heavy atom. The van der Waals surface area contributed by atoms with Crippen molar-refractivity contribution in [1.29, 1.82) is 0 Å². The number of halogens is 1. The second-order valence-electron chi connectivity index (χ2n) is 8.24. The molecule has 2 saturated heterocycles. The van der Waals surface area contributed by atoms with E-state index < -0.39 is 5.43 Å². The molecule has 10 nitrogen and oxygen atoms in total. The molecule has 2 aliphatic rings. The number of carbonyl (C=O) groups excluding carboxylic acids is 2. The Hall–Kier alpha value is -1.07. The van der Waals surface area contributed by atoms with E-state index in [1.807, 2.05) is 11.6 Å². The number of carbonyl (C=O) groups is 2. The maximum atomic E-state index is 11.3. The van der Waals surface area contributed by atoms with Crippen molar-refractivity contribution < 1.29 is 47.4 Å². The molecule has 222 valence electrons. The molecule has 0 radical (unpaired) electrons. The van der Waals surface area contributed by atoms with Crippen LogP contribution in [0, 0.1) is 6.92 Å². The molecule has 2 aliphatic heterocycles. The van der Waals surface area contributed by atoms with Crippen molar-refractivity contribution in [3.63, 3.8) is 0 Å². The van der Waals surface area contributed by atoms with Gasteiger partial charge in [0.05, 0.1) is 56.9 Å². The van der Waals surface area contributed by atoms with Gasteiger partial charge in [0.2, 0.25) is 0 Å². The molecule has 0 bridgehead atoms. The molecule has 0 aromatic carbocycles. The summed E-state index contributed by atoms with van der Waals surface area (Å²) in [7, 11) is 2.60. The summed E-state index contributed by atoms with van der Waals surface area (Å²) < 4.78 is 19.1. The monoisotopic (exact) mass is 612 g/mol. The molecule has 4 heterocycles. The average Bonchev–Trinajstić information content (AvgIpc) is 3.69. The Kier molecular flexibility index (Phi) is 24.9. The largest absolute Gasteiger partial charge is 1.00 e. The van der Waals surface area contributed by atoms with Crippen LogP contribution in [0.5, 0.6) is 0 Å². The van der Waals surface area contributed by atoms with Gasteiger partial charge < -0.3 is 25.9 Å². The summed E-state index contributed by atoms with van der Waals surface area (Å²) >= 11 is 7.75. The molecule has 40 heavy (non-hydrogen) atoms. The van der Waals surface area contributed by atoms with Gasteiger partial charge in [0.1, 0.15) is 4.88 Å². The Morgan fingerprint density at radius 1 is 0.975 bits per heavy atom. The summed E-state index contributed by atoms with van der Waals surface area (Å²) in [6.45, 7) is 15.3. The van der Waals surface area contributed by atoms with Gasteiger partial charge in [-0.3, -0.25) is 9.80 Å². The fraction of sp³-hybridized carbons (Fsp3) is 0.654. The van der Waals surface area contributed by atoms with Gasteiger partial charge in [0.25, 0.3) is 0 Å². The van der Waals surface area contributed by atoms with Gasteiger partial charge in [-0.15, -0.1) is 22.7 Å². The van der Waals surface area contributed by atoms with Crippen LogP contribution >= 0.6 is 34.3 Å². The minimum Gasteiger partial charge on any atom is -0.465 e. The third-order valence-electron chi connectivity index (χ3n) is 5.43. The molecule has 0 atom stereocenters. The number of nitrogens with zero attached hydrogens (tertiary/aromatic N) is 4. The first-order valence-electron chi connectivity index (χ1n) is 13.0. The maximum absolute atomic E-state index is 11.3. The second-order valence-corrected chi connectivity index (χ2v) is 10.6. The van der Waals surface area contributed by atoms with Gasteiger partial charge in [0.15, 0.2) is 0 Å². The topological polar surface area (TPSA) is 103 Å². The first kappa shape index (κ1) is 38.9. The normalized spacial score (nSPS) is 15.0. The first-order valence-corrected chi connectivity index (χ1v) is 15.0. The van der Waals surface area contributed by atoms with Crippen molar-refractivity contribution >= 4 is 45.7 Å². The van der Waals surface area contributed by atoms with Crippen LogP contribution in [0.15, 0.2) is 17.8 Å². The zero-order chi connectivity index (χ0) is 28.7. The zero-order valence-corrected chi connectivity index (χ0v) is 26.7. The van der Waals surface area contributed by atoms with E-state index in [2.05, 4.69) is 54.7 Å². The maximum Gasteiger partial charge on any atom is 1.00 e. The molecule has 0 N–H and O–H groups in total. The quantitative estimate of drug-likeness (QED) is 0.188. The van der Waals surface area contributed by atoms with Gasteiger partial charge in [-0.1, -0.05) is 13.3 Å². The number of morpholine rings is 2. The van der Waals surface area contributed by atoms with E-state index in [-0.39, 0.29) is 24.8 Å². The van der Waals surface area contributed by atoms with Crippen molar-refractivity contribution in [2.45, 2.75) is 32.6 Å². The fourth-order valence-electron chi connectivity index (χ4n) is 3.15. The molecule has 2 aromatic rings. The molecule has 0 unspecified atom stereocenters. The van der Waals surface area contributed by atoms with E-state index in [0.29, 0.717) is 4.88 Å². The van der Waals surface area contributed by atoms with E-state index in [1.54, 1.807) is 17.5 Å². The Morgan fingerprint density at radius 2 is 1.48 bits per heavy atom. The fourth-order valence-corrected chi connectivity index (χ4v) is 4.59. The molecule has 2 aromatic heterocycles. The predicted molar refractivity (Wildman–Crippen MR) is 156 cm³/mol. The predicted octanol–water partition coefficient (Wildman–Crippen LogP) is 1.44. The van der Waals surface area contributed by atoms with Gasteiger partial charge in [-0.2, -0.15) is 6.42 Å². The van der Waals surface area contributed by atoms with Crippen LogP contribution in [0.1, 0.15) is 39.5 Å². The number of methoxy groups -OCH3 is 2. The van der Waals surface area contributed by atoms with E-state index in [0.717, 1.165) is 90.0 Å². The molecule has 0 amide bonds. The number of ether oxygens (including phenoxy) is 4. The SMILES string of the molecule is COC(=O)Cl.COC(=O)c1cnc(CCN2CCOCC2)s1.[CH2-]CCC.[Li+].c1csc(CCN2CCOCC2)n1. The number of esters is 1. The smallest absolute Gasteiger partial charge is 0.465 e. The van der Waals surface area contributed by atoms with Crippen LogP contribution in [0.4, 0.5) is 4.79 Å². The standard InChI is InChI=1S/C11H16N2O3S.C9H14N2OS.C4H9.C2H3ClO2.Li/c1-15-11(14)9-8-12-10(17-9)2-3-13-4-6-16-7-5-13;1(9-10-2-8-13-9)3-11-4-6-12-7-5-11;1-3-4-2;1-5-2(3)4;/h8H,2-7H2,1H3;2,8H,1,3-7H2;1,3-4H2,2H3;1H3;/q;;-1;;+1. The third-order valence-corrected chi connectivity index (χ3v) is 7.46. The van der Waals surface area contributed by atoms with Crippen LogP contribution in [-0.2, 0) is 31.8 Å². The van der Waals surface area contributed by atoms with E-state index in [4.69, 9.17) is 9.47 Å². The summed E-state index contributed by atoms with van der Waals surface area (Å²) in [5, 5.41) is 4.26. The summed E-state index contributed by atoms with van der Waals surface area (Å²) in [5.74, 6) is -0.305. The van der Waals surface area contributed by atoms with Crippen molar-refractivity contribution in [2.75, 3.05) is 79.9 Å². The number of hydrogen-bond donors (Lipinski definition) is 0. The third kappa shape index (κ3) is 19.1. The zero-order valence-electron chi connectivity index (χ0n) is 24.3. The van der Waals surface area contributed by atoms with Gasteiger partial charge in [0, 0.05) is 75.3 Å². The van der Waals surface area contributed by atoms with Gasteiger partial charge in [-0.05, 0) is 0 Å². The second kappa shape index (κ2) is 25.6. The molecular formula is C26H42ClLiN4O6S2. The molecule has 0 saturated carbocycles.